The second kappa shape index (κ2) is 9.15. The fourth-order valence-electron chi connectivity index (χ4n) is 3.64. The molecule has 0 radical (unpaired) electrons. The average Bonchev–Trinajstić information content (AvgIpc) is 2.76. The van der Waals surface area contributed by atoms with Crippen molar-refractivity contribution in [3.63, 3.8) is 0 Å². The molecule has 0 nitrogen and oxygen atoms in total. The third kappa shape index (κ3) is 4.81. The summed E-state index contributed by atoms with van der Waals surface area (Å²) in [6.07, 6.45) is 0. The molecule has 0 aliphatic rings. The number of aryl methyl sites for hydroxylation is 2. The first kappa shape index (κ1) is 19.5. The van der Waals surface area contributed by atoms with E-state index in [2.05, 4.69) is 111 Å². The van der Waals surface area contributed by atoms with Gasteiger partial charge in [0.25, 0.3) is 0 Å². The van der Waals surface area contributed by atoms with Crippen molar-refractivity contribution in [1.29, 1.82) is 0 Å². The molecular weight excluding hydrogens is 368 g/mol. The van der Waals surface area contributed by atoms with Crippen LogP contribution in [0.3, 0.4) is 0 Å². The molecule has 0 amide bonds. The summed E-state index contributed by atoms with van der Waals surface area (Å²) in [4.78, 5) is 0. The lowest BCUT2D eigenvalue weighted by molar-refractivity contribution is 1.36. The second-order valence-corrected chi connectivity index (χ2v) is 8.50. The molecule has 0 aromatic heterocycles. The Morgan fingerprint density at radius 3 is 1.24 bits per heavy atom. The van der Waals surface area contributed by atoms with Gasteiger partial charge in [-0.15, -0.1) is 0 Å². The topological polar surface area (TPSA) is 0 Å². The van der Waals surface area contributed by atoms with Gasteiger partial charge in [-0.05, 0) is 58.4 Å². The molecule has 0 fully saturated rings. The molecule has 4 aromatic rings. The largest absolute Gasteiger partial charge is 0.152 e. The summed E-state index contributed by atoms with van der Waals surface area (Å²) < 4.78 is 0. The highest BCUT2D eigenvalue weighted by molar-refractivity contribution is 7.97. The van der Waals surface area contributed by atoms with Crippen LogP contribution in [0.2, 0.25) is 0 Å². The van der Waals surface area contributed by atoms with Crippen molar-refractivity contribution >= 4 is 11.8 Å². The Hall–Kier alpha value is -2.77. The minimum atomic E-state index is 1.04. The Labute approximate surface area is 178 Å². The van der Waals surface area contributed by atoms with Gasteiger partial charge in [0.05, 0.1) is 0 Å². The lowest BCUT2D eigenvalue weighted by Gasteiger charge is -2.08. The zero-order valence-electron chi connectivity index (χ0n) is 17.1. The van der Waals surface area contributed by atoms with Crippen molar-refractivity contribution in [2.75, 3.05) is 0 Å². The maximum atomic E-state index is 2.26. The molecule has 4 rings (SSSR count). The third-order valence-electron chi connectivity index (χ3n) is 5.36. The van der Waals surface area contributed by atoms with E-state index in [1.54, 1.807) is 0 Å². The molecule has 0 unspecified atom stereocenters. The Morgan fingerprint density at radius 1 is 0.483 bits per heavy atom. The molecule has 0 N–H and O–H groups in total. The van der Waals surface area contributed by atoms with E-state index in [0.717, 1.165) is 11.5 Å². The van der Waals surface area contributed by atoms with Crippen LogP contribution in [0.1, 0.15) is 22.3 Å². The van der Waals surface area contributed by atoms with E-state index >= 15 is 0 Å². The monoisotopic (exact) mass is 394 g/mol. The molecule has 0 aliphatic heterocycles. The van der Waals surface area contributed by atoms with E-state index in [1.807, 2.05) is 11.8 Å². The third-order valence-corrected chi connectivity index (χ3v) is 6.43. The Balaban J connectivity index is 1.34. The lowest BCUT2D eigenvalue weighted by Crippen LogP contribution is -1.87. The van der Waals surface area contributed by atoms with E-state index < -0.39 is 0 Å². The minimum absolute atomic E-state index is 1.04. The van der Waals surface area contributed by atoms with Crippen molar-refractivity contribution in [2.45, 2.75) is 25.4 Å². The summed E-state index contributed by atoms with van der Waals surface area (Å²) in [7, 11) is 0. The second-order valence-electron chi connectivity index (χ2n) is 7.52. The first-order chi connectivity index (χ1) is 14.2. The van der Waals surface area contributed by atoms with E-state index in [-0.39, 0.29) is 0 Å². The molecule has 0 heterocycles. The first-order valence-electron chi connectivity index (χ1n) is 10.1. The van der Waals surface area contributed by atoms with Gasteiger partial charge in [-0.25, -0.2) is 0 Å². The molecule has 29 heavy (non-hydrogen) atoms. The molecule has 0 bridgehead atoms. The smallest absolute Gasteiger partial charge is 0.0187 e. The summed E-state index contributed by atoms with van der Waals surface area (Å²) in [5.41, 5.74) is 10.6. The van der Waals surface area contributed by atoms with Crippen LogP contribution in [-0.2, 0) is 11.5 Å². The number of thioether (sulfide) groups is 1. The SMILES string of the molecule is Cc1ccccc1-c1ccc(CSCc2ccc(-c3ccccc3C)cc2)cc1. The van der Waals surface area contributed by atoms with Crippen LogP contribution >= 0.6 is 11.8 Å². The standard InChI is InChI=1S/C28H26S/c1-21-7-3-5-9-27(21)25-15-11-23(12-16-25)19-29-20-24-13-17-26(18-14-24)28-10-6-4-8-22(28)2/h3-18H,19-20H2,1-2H3. The van der Waals surface area contributed by atoms with Crippen molar-refractivity contribution < 1.29 is 0 Å². The highest BCUT2D eigenvalue weighted by Crippen LogP contribution is 2.27. The minimum Gasteiger partial charge on any atom is -0.152 e. The number of hydrogen-bond acceptors (Lipinski definition) is 1. The summed E-state index contributed by atoms with van der Waals surface area (Å²) in [5, 5.41) is 0. The van der Waals surface area contributed by atoms with Gasteiger partial charge < -0.3 is 0 Å². The summed E-state index contributed by atoms with van der Waals surface area (Å²) >= 11 is 1.97. The van der Waals surface area contributed by atoms with Crippen LogP contribution in [0.25, 0.3) is 22.3 Å². The fourth-order valence-corrected chi connectivity index (χ4v) is 4.60. The van der Waals surface area contributed by atoms with Gasteiger partial charge in [-0.3, -0.25) is 0 Å². The molecular formula is C28H26S. The van der Waals surface area contributed by atoms with Gasteiger partial charge in [0.15, 0.2) is 0 Å². The predicted octanol–water partition coefficient (Wildman–Crippen LogP) is 8.07. The van der Waals surface area contributed by atoms with Crippen LogP contribution in [0.15, 0.2) is 97.1 Å². The van der Waals surface area contributed by atoms with Gasteiger partial charge in [-0.2, -0.15) is 11.8 Å². The average molecular weight is 395 g/mol. The normalized spacial score (nSPS) is 10.8. The highest BCUT2D eigenvalue weighted by Gasteiger charge is 2.03. The van der Waals surface area contributed by atoms with Gasteiger partial charge in [0, 0.05) is 11.5 Å². The van der Waals surface area contributed by atoms with Gasteiger partial charge >= 0.3 is 0 Å². The first-order valence-corrected chi connectivity index (χ1v) is 11.2. The number of hydrogen-bond donors (Lipinski definition) is 0. The van der Waals surface area contributed by atoms with Crippen molar-refractivity contribution in [3.05, 3.63) is 119 Å². The lowest BCUT2D eigenvalue weighted by atomic mass is 10.00. The van der Waals surface area contributed by atoms with Crippen LogP contribution < -0.4 is 0 Å². The molecule has 0 atom stereocenters. The molecule has 0 aliphatic carbocycles. The van der Waals surface area contributed by atoms with E-state index in [1.165, 1.54) is 44.5 Å². The van der Waals surface area contributed by atoms with Gasteiger partial charge in [0.1, 0.15) is 0 Å². The quantitative estimate of drug-likeness (QED) is 0.318. The van der Waals surface area contributed by atoms with Gasteiger partial charge in [0.2, 0.25) is 0 Å². The molecule has 0 spiro atoms. The van der Waals surface area contributed by atoms with Crippen molar-refractivity contribution in [1.82, 2.24) is 0 Å². The Morgan fingerprint density at radius 2 is 0.862 bits per heavy atom. The molecule has 144 valence electrons. The van der Waals surface area contributed by atoms with Crippen LogP contribution in [-0.4, -0.2) is 0 Å². The van der Waals surface area contributed by atoms with Crippen molar-refractivity contribution in [3.8, 4) is 22.3 Å². The summed E-state index contributed by atoms with van der Waals surface area (Å²) in [6.45, 7) is 4.34. The number of rotatable bonds is 6. The summed E-state index contributed by atoms with van der Waals surface area (Å²) in [5.74, 6) is 2.07. The van der Waals surface area contributed by atoms with E-state index in [0.29, 0.717) is 0 Å². The predicted molar refractivity (Wildman–Crippen MR) is 128 cm³/mol. The maximum absolute atomic E-state index is 2.26. The van der Waals surface area contributed by atoms with E-state index in [9.17, 15) is 0 Å². The maximum Gasteiger partial charge on any atom is 0.0187 e. The van der Waals surface area contributed by atoms with E-state index in [4.69, 9.17) is 0 Å². The van der Waals surface area contributed by atoms with Crippen LogP contribution in [0.4, 0.5) is 0 Å². The van der Waals surface area contributed by atoms with Gasteiger partial charge in [-0.1, -0.05) is 97.1 Å². The Bertz CT molecular complexity index is 987. The van der Waals surface area contributed by atoms with Crippen LogP contribution in [0.5, 0.6) is 0 Å². The zero-order valence-corrected chi connectivity index (χ0v) is 17.9. The molecule has 1 heteroatoms. The summed E-state index contributed by atoms with van der Waals surface area (Å²) in [6, 6.07) is 35.2. The Kier molecular flexibility index (Phi) is 6.17. The fraction of sp³-hybridized carbons (Fsp3) is 0.143. The number of benzene rings is 4. The van der Waals surface area contributed by atoms with Crippen LogP contribution in [0, 0.1) is 13.8 Å². The molecule has 0 saturated carbocycles. The molecule has 0 saturated heterocycles. The zero-order chi connectivity index (χ0) is 20.1. The highest BCUT2D eigenvalue weighted by atomic mass is 32.2. The van der Waals surface area contributed by atoms with Crippen molar-refractivity contribution in [2.24, 2.45) is 0 Å². The molecule has 4 aromatic carbocycles.